The number of nitrogens with two attached hydrogens (primary N) is 1. The second kappa shape index (κ2) is 7.19. The molecule has 1 aromatic rings. The zero-order valence-corrected chi connectivity index (χ0v) is 11.8. The lowest BCUT2D eigenvalue weighted by atomic mass is 10.3. The molecule has 0 aliphatic heterocycles. The van der Waals surface area contributed by atoms with E-state index in [-0.39, 0.29) is 23.9 Å². The number of nitrogens with zero attached hydrogens (tertiary/aromatic N) is 1. The summed E-state index contributed by atoms with van der Waals surface area (Å²) in [6, 6.07) is 5.84. The second-order valence-electron chi connectivity index (χ2n) is 3.61. The van der Waals surface area contributed by atoms with Gasteiger partial charge in [0.05, 0.1) is 12.8 Å². The van der Waals surface area contributed by atoms with Gasteiger partial charge in [0, 0.05) is 6.07 Å². The summed E-state index contributed by atoms with van der Waals surface area (Å²) in [5, 5.41) is 11.1. The number of amides is 1. The molecule has 0 atom stereocenters. The van der Waals surface area contributed by atoms with Crippen LogP contribution >= 0.6 is 0 Å². The van der Waals surface area contributed by atoms with Crippen LogP contribution in [0.25, 0.3) is 0 Å². The van der Waals surface area contributed by atoms with E-state index in [0.717, 1.165) is 7.11 Å². The first-order chi connectivity index (χ1) is 9.86. The molecule has 0 bridgehead atoms. The Morgan fingerprint density at radius 3 is 2.81 bits per heavy atom. The van der Waals surface area contributed by atoms with Crippen molar-refractivity contribution in [2.75, 3.05) is 18.4 Å². The average Bonchev–Trinajstić information content (AvgIpc) is 2.43. The molecule has 0 unspecified atom stereocenters. The number of anilines is 1. The van der Waals surface area contributed by atoms with Gasteiger partial charge in [-0.15, -0.1) is 0 Å². The highest BCUT2D eigenvalue weighted by Gasteiger charge is 2.14. The first-order valence-corrected chi connectivity index (χ1v) is 6.92. The van der Waals surface area contributed by atoms with E-state index in [1.165, 1.54) is 24.3 Å². The van der Waals surface area contributed by atoms with E-state index >= 15 is 0 Å². The average molecular weight is 318 g/mol. The highest BCUT2D eigenvalue weighted by Crippen LogP contribution is 2.18. The SMILES string of the molecule is COC(=O)NS(=O)(=O)Nc1cccc(OC/C(N)=N/O)c1. The van der Waals surface area contributed by atoms with Gasteiger partial charge in [-0.25, -0.2) is 9.52 Å². The lowest BCUT2D eigenvalue weighted by molar-refractivity contribution is 0.177. The van der Waals surface area contributed by atoms with E-state index in [0.29, 0.717) is 0 Å². The van der Waals surface area contributed by atoms with Crippen molar-refractivity contribution in [1.82, 2.24) is 4.72 Å². The highest BCUT2D eigenvalue weighted by atomic mass is 32.2. The molecule has 0 aromatic heterocycles. The monoisotopic (exact) mass is 318 g/mol. The molecule has 1 aromatic carbocycles. The van der Waals surface area contributed by atoms with Crippen LogP contribution in [0, 0.1) is 0 Å². The van der Waals surface area contributed by atoms with Crippen molar-refractivity contribution in [3.05, 3.63) is 24.3 Å². The van der Waals surface area contributed by atoms with Crippen molar-refractivity contribution in [2.24, 2.45) is 10.9 Å². The second-order valence-corrected chi connectivity index (χ2v) is 5.02. The van der Waals surface area contributed by atoms with E-state index in [2.05, 4.69) is 14.6 Å². The van der Waals surface area contributed by atoms with Crippen LogP contribution in [0.15, 0.2) is 29.4 Å². The van der Waals surface area contributed by atoms with E-state index in [1.807, 2.05) is 0 Å². The molecule has 1 amide bonds. The van der Waals surface area contributed by atoms with E-state index < -0.39 is 16.3 Å². The maximum Gasteiger partial charge on any atom is 0.422 e. The summed E-state index contributed by atoms with van der Waals surface area (Å²) in [7, 11) is -3.08. The van der Waals surface area contributed by atoms with Crippen molar-refractivity contribution < 1.29 is 27.9 Å². The van der Waals surface area contributed by atoms with E-state index in [1.54, 1.807) is 4.72 Å². The Balaban J connectivity index is 2.74. The van der Waals surface area contributed by atoms with Crippen LogP contribution in [0.1, 0.15) is 0 Å². The number of nitrogens with one attached hydrogen (secondary N) is 2. The number of amidine groups is 1. The number of carbonyl (C=O) groups is 1. The maximum absolute atomic E-state index is 11.6. The fourth-order valence-electron chi connectivity index (χ4n) is 1.17. The summed E-state index contributed by atoms with van der Waals surface area (Å²) in [4.78, 5) is 10.9. The number of rotatable bonds is 6. The maximum atomic E-state index is 11.6. The number of carbonyl (C=O) groups excluding carboxylic acids is 1. The third-order valence-corrected chi connectivity index (χ3v) is 2.94. The summed E-state index contributed by atoms with van der Waals surface area (Å²) in [5.74, 6) is 0.133. The minimum absolute atomic E-state index is 0.142. The Morgan fingerprint density at radius 2 is 2.19 bits per heavy atom. The van der Waals surface area contributed by atoms with Gasteiger partial charge in [0.25, 0.3) is 0 Å². The summed E-state index contributed by atoms with van der Waals surface area (Å²) >= 11 is 0. The summed E-state index contributed by atoms with van der Waals surface area (Å²) in [6.07, 6.45) is -1.12. The molecule has 0 heterocycles. The number of hydrogen-bond acceptors (Lipinski definition) is 7. The van der Waals surface area contributed by atoms with Crippen molar-refractivity contribution in [3.8, 4) is 5.75 Å². The van der Waals surface area contributed by atoms with Crippen LogP contribution in [0.5, 0.6) is 5.75 Å². The first kappa shape index (κ1) is 16.4. The summed E-state index contributed by atoms with van der Waals surface area (Å²) in [5.41, 5.74) is 5.37. The normalized spacial score (nSPS) is 11.6. The van der Waals surface area contributed by atoms with Gasteiger partial charge in [0.1, 0.15) is 12.4 Å². The molecule has 0 radical (unpaired) electrons. The largest absolute Gasteiger partial charge is 0.485 e. The third-order valence-electron chi connectivity index (χ3n) is 2.00. The molecule has 0 fully saturated rings. The summed E-state index contributed by atoms with van der Waals surface area (Å²) in [6.45, 7) is -0.173. The van der Waals surface area contributed by atoms with Gasteiger partial charge in [-0.05, 0) is 12.1 Å². The van der Waals surface area contributed by atoms with Crippen molar-refractivity contribution in [1.29, 1.82) is 0 Å². The Bertz CT molecular complexity index is 630. The van der Waals surface area contributed by atoms with Gasteiger partial charge in [-0.1, -0.05) is 11.2 Å². The van der Waals surface area contributed by atoms with Gasteiger partial charge in [0.2, 0.25) is 0 Å². The quantitative estimate of drug-likeness (QED) is 0.246. The molecule has 1 rings (SSSR count). The van der Waals surface area contributed by atoms with Gasteiger partial charge in [-0.2, -0.15) is 8.42 Å². The van der Waals surface area contributed by atoms with Gasteiger partial charge < -0.3 is 20.4 Å². The van der Waals surface area contributed by atoms with E-state index in [9.17, 15) is 13.2 Å². The van der Waals surface area contributed by atoms with Crippen LogP contribution < -0.4 is 19.9 Å². The molecular formula is C10H14N4O6S. The molecule has 21 heavy (non-hydrogen) atoms. The number of methoxy groups -OCH3 is 1. The Kier molecular flexibility index (Phi) is 5.60. The molecule has 11 heteroatoms. The molecule has 116 valence electrons. The summed E-state index contributed by atoms with van der Waals surface area (Å²) < 4.78 is 36.2. The predicted octanol–water partition coefficient (Wildman–Crippen LogP) is -0.175. The number of benzene rings is 1. The van der Waals surface area contributed by atoms with E-state index in [4.69, 9.17) is 15.7 Å². The third kappa shape index (κ3) is 5.86. The molecule has 0 aliphatic rings. The Hall–Kier alpha value is -2.69. The van der Waals surface area contributed by atoms with Crippen molar-refractivity contribution in [2.45, 2.75) is 0 Å². The molecular weight excluding hydrogens is 304 g/mol. The topological polar surface area (TPSA) is 152 Å². The highest BCUT2D eigenvalue weighted by molar-refractivity contribution is 7.91. The zero-order valence-electron chi connectivity index (χ0n) is 10.9. The van der Waals surface area contributed by atoms with Crippen LogP contribution in [-0.2, 0) is 14.9 Å². The van der Waals surface area contributed by atoms with Crippen LogP contribution in [-0.4, -0.2) is 39.3 Å². The lowest BCUT2D eigenvalue weighted by Gasteiger charge is -2.10. The van der Waals surface area contributed by atoms with Gasteiger partial charge in [-0.3, -0.25) is 4.72 Å². The fraction of sp³-hybridized carbons (Fsp3) is 0.200. The Morgan fingerprint density at radius 1 is 1.48 bits per heavy atom. The van der Waals surface area contributed by atoms with Crippen LogP contribution in [0.2, 0.25) is 0 Å². The molecule has 10 nitrogen and oxygen atoms in total. The molecule has 0 spiro atoms. The minimum atomic E-state index is -4.12. The number of hydrogen-bond donors (Lipinski definition) is 4. The molecule has 5 N–H and O–H groups in total. The first-order valence-electron chi connectivity index (χ1n) is 5.44. The van der Waals surface area contributed by atoms with Gasteiger partial charge in [0.15, 0.2) is 5.84 Å². The molecule has 0 saturated carbocycles. The molecule has 0 saturated heterocycles. The Labute approximate surface area is 120 Å². The standard InChI is InChI=1S/C10H14N4O6S/c1-19-10(15)14-21(17,18)13-7-3-2-4-8(5-7)20-6-9(11)12-16/h2-5,13,16H,6H2,1H3,(H2,11,12)(H,14,15). The van der Waals surface area contributed by atoms with Crippen molar-refractivity contribution in [3.63, 3.8) is 0 Å². The van der Waals surface area contributed by atoms with Crippen molar-refractivity contribution >= 4 is 27.8 Å². The zero-order chi connectivity index (χ0) is 15.9. The predicted molar refractivity (Wildman–Crippen MR) is 73.4 cm³/mol. The van der Waals surface area contributed by atoms with Crippen LogP contribution in [0.3, 0.4) is 0 Å². The number of oxime groups is 1. The van der Waals surface area contributed by atoms with Gasteiger partial charge >= 0.3 is 16.3 Å². The lowest BCUT2D eigenvalue weighted by Crippen LogP contribution is -2.35. The van der Waals surface area contributed by atoms with Crippen LogP contribution in [0.4, 0.5) is 10.5 Å². The smallest absolute Gasteiger partial charge is 0.422 e. The number of ether oxygens (including phenoxy) is 2. The molecule has 0 aliphatic carbocycles. The fourth-order valence-corrected chi connectivity index (χ4v) is 1.96. The minimum Gasteiger partial charge on any atom is -0.485 e.